The predicted octanol–water partition coefficient (Wildman–Crippen LogP) is 5.28. The molecule has 1 aromatic heterocycles. The van der Waals surface area contributed by atoms with Crippen LogP contribution in [0.4, 0.5) is 5.82 Å². The van der Waals surface area contributed by atoms with Crippen molar-refractivity contribution in [2.24, 2.45) is 0 Å². The number of anilines is 1. The zero-order valence-corrected chi connectivity index (χ0v) is 21.1. The highest BCUT2D eigenvalue weighted by atomic mass is 16.5. The van der Waals surface area contributed by atoms with Gasteiger partial charge in [0.2, 0.25) is 0 Å². The Balaban J connectivity index is 1.09. The van der Waals surface area contributed by atoms with Crippen LogP contribution in [0.25, 0.3) is 11.3 Å². The molecule has 188 valence electrons. The van der Waals surface area contributed by atoms with Crippen LogP contribution in [0.15, 0.2) is 84.9 Å². The minimum atomic E-state index is -0.0274. The van der Waals surface area contributed by atoms with E-state index in [1.54, 1.807) is 0 Å². The zero-order chi connectivity index (χ0) is 25.6. The predicted molar refractivity (Wildman–Crippen MR) is 144 cm³/mol. The van der Waals surface area contributed by atoms with Crippen LogP contribution in [0.3, 0.4) is 0 Å². The minimum absolute atomic E-state index is 0.00333. The summed E-state index contributed by atoms with van der Waals surface area (Å²) in [6, 6.07) is 27.2. The third kappa shape index (κ3) is 6.06. The number of piperazine rings is 1. The number of aromatic nitrogens is 2. The van der Waals surface area contributed by atoms with Gasteiger partial charge >= 0.3 is 0 Å². The SMILES string of the molecule is Cc1ccc(-c2ccc(N3CCN(C(=O)COc4ccc(Oc5ccccc5)cc4)CC3)nn2)cc1C. The molecular formula is C30H30N4O3. The molecule has 5 rings (SSSR count). The van der Waals surface area contributed by atoms with Gasteiger partial charge in [0.15, 0.2) is 12.4 Å². The van der Waals surface area contributed by atoms with Crippen molar-refractivity contribution in [3.63, 3.8) is 0 Å². The molecule has 1 saturated heterocycles. The lowest BCUT2D eigenvalue weighted by Gasteiger charge is -2.35. The number of hydrogen-bond donors (Lipinski definition) is 0. The summed E-state index contributed by atoms with van der Waals surface area (Å²) in [6.07, 6.45) is 0. The standard InChI is InChI=1S/C30H30N4O3/c1-22-8-9-24(20-23(22)2)28-14-15-29(32-31-28)33-16-18-34(19-17-33)30(35)21-36-25-10-12-27(13-11-25)37-26-6-4-3-5-7-26/h3-15,20H,16-19,21H2,1-2H3. The molecule has 1 amide bonds. The molecule has 0 unspecified atom stereocenters. The van der Waals surface area contributed by atoms with Gasteiger partial charge in [-0.25, -0.2) is 0 Å². The molecule has 4 aromatic rings. The Morgan fingerprint density at radius 3 is 2.14 bits per heavy atom. The monoisotopic (exact) mass is 494 g/mol. The number of nitrogens with zero attached hydrogens (tertiary/aromatic N) is 4. The lowest BCUT2D eigenvalue weighted by molar-refractivity contribution is -0.133. The number of carbonyl (C=O) groups is 1. The van der Waals surface area contributed by atoms with Gasteiger partial charge in [-0.3, -0.25) is 4.79 Å². The molecule has 2 heterocycles. The Labute approximate surface area is 217 Å². The van der Waals surface area contributed by atoms with Gasteiger partial charge in [0.05, 0.1) is 5.69 Å². The summed E-state index contributed by atoms with van der Waals surface area (Å²) in [4.78, 5) is 16.7. The molecule has 0 atom stereocenters. The Morgan fingerprint density at radius 2 is 1.46 bits per heavy atom. The average molecular weight is 495 g/mol. The van der Waals surface area contributed by atoms with Gasteiger partial charge in [0.25, 0.3) is 5.91 Å². The molecule has 37 heavy (non-hydrogen) atoms. The van der Waals surface area contributed by atoms with E-state index in [0.717, 1.165) is 22.8 Å². The van der Waals surface area contributed by atoms with Crippen LogP contribution >= 0.6 is 0 Å². The smallest absolute Gasteiger partial charge is 0.260 e. The fourth-order valence-electron chi connectivity index (χ4n) is 4.20. The van der Waals surface area contributed by atoms with Crippen LogP contribution in [0.1, 0.15) is 11.1 Å². The van der Waals surface area contributed by atoms with Gasteiger partial charge < -0.3 is 19.3 Å². The van der Waals surface area contributed by atoms with E-state index in [1.807, 2.05) is 71.6 Å². The molecule has 0 spiro atoms. The number of ether oxygens (including phenoxy) is 2. The molecule has 3 aromatic carbocycles. The molecule has 1 aliphatic rings. The summed E-state index contributed by atoms with van der Waals surface area (Å²) in [6.45, 7) is 6.85. The second-order valence-electron chi connectivity index (χ2n) is 9.12. The van der Waals surface area contributed by atoms with Crippen molar-refractivity contribution in [2.45, 2.75) is 13.8 Å². The average Bonchev–Trinajstić information content (AvgIpc) is 2.95. The Kier molecular flexibility index (Phi) is 7.31. The largest absolute Gasteiger partial charge is 0.484 e. The van der Waals surface area contributed by atoms with Gasteiger partial charge in [0, 0.05) is 31.7 Å². The number of para-hydroxylation sites is 1. The topological polar surface area (TPSA) is 67.8 Å². The highest BCUT2D eigenvalue weighted by Gasteiger charge is 2.22. The first-order valence-electron chi connectivity index (χ1n) is 12.4. The third-order valence-electron chi connectivity index (χ3n) is 6.57. The van der Waals surface area contributed by atoms with Crippen molar-refractivity contribution in [3.8, 4) is 28.5 Å². The van der Waals surface area contributed by atoms with E-state index in [1.165, 1.54) is 11.1 Å². The van der Waals surface area contributed by atoms with Crippen LogP contribution in [0.2, 0.25) is 0 Å². The molecule has 0 bridgehead atoms. The van der Waals surface area contributed by atoms with Crippen molar-refractivity contribution >= 4 is 11.7 Å². The number of rotatable bonds is 7. The summed E-state index contributed by atoms with van der Waals surface area (Å²) in [7, 11) is 0. The zero-order valence-electron chi connectivity index (χ0n) is 21.1. The first-order chi connectivity index (χ1) is 18.0. The summed E-state index contributed by atoms with van der Waals surface area (Å²) in [5, 5.41) is 8.89. The lowest BCUT2D eigenvalue weighted by atomic mass is 10.0. The fourth-order valence-corrected chi connectivity index (χ4v) is 4.20. The first kappa shape index (κ1) is 24.3. The Bertz CT molecular complexity index is 1330. The molecule has 0 radical (unpaired) electrons. The van der Waals surface area contributed by atoms with E-state index >= 15 is 0 Å². The van der Waals surface area contributed by atoms with Crippen LogP contribution in [-0.4, -0.2) is 53.8 Å². The van der Waals surface area contributed by atoms with Gasteiger partial charge in [-0.2, -0.15) is 0 Å². The van der Waals surface area contributed by atoms with Crippen LogP contribution < -0.4 is 14.4 Å². The number of carbonyl (C=O) groups excluding carboxylic acids is 1. The molecule has 0 aliphatic carbocycles. The van der Waals surface area contributed by atoms with Gasteiger partial charge in [-0.15, -0.1) is 10.2 Å². The van der Waals surface area contributed by atoms with Gasteiger partial charge in [0.1, 0.15) is 17.2 Å². The maximum Gasteiger partial charge on any atom is 0.260 e. The number of hydrogen-bond acceptors (Lipinski definition) is 6. The second kappa shape index (κ2) is 11.1. The molecule has 0 N–H and O–H groups in total. The van der Waals surface area contributed by atoms with Crippen LogP contribution in [-0.2, 0) is 4.79 Å². The lowest BCUT2D eigenvalue weighted by Crippen LogP contribution is -2.50. The van der Waals surface area contributed by atoms with Crippen molar-refractivity contribution in [1.29, 1.82) is 0 Å². The van der Waals surface area contributed by atoms with Crippen LogP contribution in [0, 0.1) is 13.8 Å². The maximum atomic E-state index is 12.7. The number of aryl methyl sites for hydroxylation is 2. The second-order valence-corrected chi connectivity index (χ2v) is 9.12. The number of amides is 1. The third-order valence-corrected chi connectivity index (χ3v) is 6.57. The molecular weight excluding hydrogens is 464 g/mol. The molecule has 0 saturated carbocycles. The van der Waals surface area contributed by atoms with Crippen molar-refractivity contribution in [3.05, 3.63) is 96.1 Å². The molecule has 7 nitrogen and oxygen atoms in total. The number of benzene rings is 3. The highest BCUT2D eigenvalue weighted by Crippen LogP contribution is 2.24. The van der Waals surface area contributed by atoms with Crippen molar-refractivity contribution in [1.82, 2.24) is 15.1 Å². The van der Waals surface area contributed by atoms with Crippen molar-refractivity contribution < 1.29 is 14.3 Å². The normalized spacial score (nSPS) is 13.4. The molecule has 7 heteroatoms. The van der Waals surface area contributed by atoms with E-state index in [-0.39, 0.29) is 12.5 Å². The summed E-state index contributed by atoms with van der Waals surface area (Å²) < 4.78 is 11.5. The summed E-state index contributed by atoms with van der Waals surface area (Å²) in [5.41, 5.74) is 4.42. The fraction of sp³-hybridized carbons (Fsp3) is 0.233. The summed E-state index contributed by atoms with van der Waals surface area (Å²) >= 11 is 0. The Morgan fingerprint density at radius 1 is 0.757 bits per heavy atom. The van der Waals surface area contributed by atoms with E-state index in [2.05, 4.69) is 47.1 Å². The highest BCUT2D eigenvalue weighted by molar-refractivity contribution is 5.78. The summed E-state index contributed by atoms with van der Waals surface area (Å²) in [5.74, 6) is 2.92. The van der Waals surface area contributed by atoms with E-state index in [0.29, 0.717) is 37.7 Å². The van der Waals surface area contributed by atoms with E-state index < -0.39 is 0 Å². The first-order valence-corrected chi connectivity index (χ1v) is 12.4. The van der Waals surface area contributed by atoms with Crippen LogP contribution in [0.5, 0.6) is 17.2 Å². The molecule has 1 fully saturated rings. The van der Waals surface area contributed by atoms with E-state index in [4.69, 9.17) is 9.47 Å². The Hall–Kier alpha value is -4.39. The maximum absolute atomic E-state index is 12.7. The van der Waals surface area contributed by atoms with E-state index in [9.17, 15) is 4.79 Å². The molecule has 1 aliphatic heterocycles. The quantitative estimate of drug-likeness (QED) is 0.348. The minimum Gasteiger partial charge on any atom is -0.484 e. The van der Waals surface area contributed by atoms with Gasteiger partial charge in [-0.05, 0) is 79.6 Å². The van der Waals surface area contributed by atoms with Crippen molar-refractivity contribution in [2.75, 3.05) is 37.7 Å². The van der Waals surface area contributed by atoms with Gasteiger partial charge in [-0.1, -0.05) is 30.3 Å².